The van der Waals surface area contributed by atoms with E-state index in [0.29, 0.717) is 47.7 Å². The van der Waals surface area contributed by atoms with Gasteiger partial charge in [-0.15, -0.1) is 5.10 Å². The summed E-state index contributed by atoms with van der Waals surface area (Å²) < 4.78 is 17.4. The van der Waals surface area contributed by atoms with Crippen LogP contribution in [0, 0.1) is 17.1 Å². The molecule has 36 heavy (non-hydrogen) atoms. The number of nitriles is 1. The first-order chi connectivity index (χ1) is 17.2. The van der Waals surface area contributed by atoms with Crippen molar-refractivity contribution >= 4 is 61.2 Å². The molecule has 2 aliphatic heterocycles. The summed E-state index contributed by atoms with van der Waals surface area (Å²) in [6.45, 7) is 5.53. The lowest BCUT2D eigenvalue weighted by Crippen LogP contribution is -2.57. The number of likely N-dealkylation sites (N-methyl/N-ethyl adjacent to an activating group) is 1. The van der Waals surface area contributed by atoms with Crippen LogP contribution < -0.4 is 4.90 Å². The molecule has 0 unspecified atom stereocenters. The summed E-state index contributed by atoms with van der Waals surface area (Å²) in [6, 6.07) is 3.82. The standard InChI is InChI=1S/C24H25BrClFN8O/c1-4-18(36)34-8-6-14(9-13(34)5-7-28)35-23-16-10-17(26)19(25)20(27)21(16)29-24(22(23)30-31-35)33-11-15(12-33)32(2)3/h4,10,13-15H,1,5-6,8-9,11-12H2,2-3H3/t13-,14+/m1/s1. The zero-order chi connectivity index (χ0) is 25.7. The van der Waals surface area contributed by atoms with E-state index >= 15 is 4.39 Å². The van der Waals surface area contributed by atoms with Gasteiger partial charge in [0.25, 0.3) is 0 Å². The van der Waals surface area contributed by atoms with Crippen LogP contribution in [0.25, 0.3) is 21.9 Å². The summed E-state index contributed by atoms with van der Waals surface area (Å²) >= 11 is 9.60. The number of anilines is 1. The van der Waals surface area contributed by atoms with Crippen LogP contribution in [0.5, 0.6) is 0 Å². The van der Waals surface area contributed by atoms with Crippen LogP contribution in [0.4, 0.5) is 10.2 Å². The van der Waals surface area contributed by atoms with Crippen LogP contribution in [-0.2, 0) is 4.79 Å². The van der Waals surface area contributed by atoms with Crippen molar-refractivity contribution < 1.29 is 9.18 Å². The molecule has 5 rings (SSSR count). The van der Waals surface area contributed by atoms with Gasteiger partial charge in [-0.25, -0.2) is 14.1 Å². The Balaban J connectivity index is 1.64. The molecule has 3 aromatic rings. The Kier molecular flexibility index (Phi) is 6.61. The summed E-state index contributed by atoms with van der Waals surface area (Å²) in [5, 5.41) is 19.1. The quantitative estimate of drug-likeness (QED) is 0.336. The maximum Gasteiger partial charge on any atom is 0.246 e. The highest BCUT2D eigenvalue weighted by Gasteiger charge is 2.36. The van der Waals surface area contributed by atoms with Crippen LogP contribution >= 0.6 is 27.5 Å². The largest absolute Gasteiger partial charge is 0.351 e. The van der Waals surface area contributed by atoms with Gasteiger partial charge >= 0.3 is 0 Å². The molecule has 1 aromatic carbocycles. The zero-order valence-corrected chi connectivity index (χ0v) is 22.3. The van der Waals surface area contributed by atoms with Crippen molar-refractivity contribution in [3.05, 3.63) is 34.0 Å². The number of pyridine rings is 1. The van der Waals surface area contributed by atoms with Gasteiger partial charge < -0.3 is 14.7 Å². The number of likely N-dealkylation sites (tertiary alicyclic amines) is 1. The molecule has 188 valence electrons. The van der Waals surface area contributed by atoms with Crippen LogP contribution in [0.15, 0.2) is 23.2 Å². The summed E-state index contributed by atoms with van der Waals surface area (Å²) in [4.78, 5) is 23.0. The van der Waals surface area contributed by atoms with E-state index in [4.69, 9.17) is 16.6 Å². The third-order valence-corrected chi connectivity index (χ3v) is 8.53. The molecule has 2 atom stereocenters. The van der Waals surface area contributed by atoms with Gasteiger partial charge in [0.05, 0.1) is 28.0 Å². The van der Waals surface area contributed by atoms with Crippen molar-refractivity contribution in [1.82, 2.24) is 29.8 Å². The van der Waals surface area contributed by atoms with Crippen LogP contribution in [0.3, 0.4) is 0 Å². The van der Waals surface area contributed by atoms with Gasteiger partial charge in [-0.3, -0.25) is 4.79 Å². The SMILES string of the molecule is C=CC(=O)N1CC[C@H](n2nnc3c(N4CC(N(C)C)C4)nc4c(F)c(Br)c(Cl)cc4c32)C[C@H]1CC#N. The van der Waals surface area contributed by atoms with E-state index in [1.807, 2.05) is 14.1 Å². The first kappa shape index (κ1) is 24.9. The van der Waals surface area contributed by atoms with Crippen molar-refractivity contribution in [2.45, 2.75) is 37.4 Å². The normalized spacial score (nSPS) is 20.7. The van der Waals surface area contributed by atoms with E-state index in [0.717, 1.165) is 13.1 Å². The Bertz CT molecular complexity index is 1410. The van der Waals surface area contributed by atoms with Gasteiger partial charge in [0, 0.05) is 37.1 Å². The fraction of sp³-hybridized carbons (Fsp3) is 0.458. The van der Waals surface area contributed by atoms with E-state index in [1.54, 1.807) is 15.6 Å². The third-order valence-electron chi connectivity index (χ3n) is 7.23. The predicted molar refractivity (Wildman–Crippen MR) is 139 cm³/mol. The topological polar surface area (TPSA) is 94.2 Å². The monoisotopic (exact) mass is 574 g/mol. The molecule has 2 aliphatic rings. The zero-order valence-electron chi connectivity index (χ0n) is 20.0. The number of rotatable bonds is 5. The van der Waals surface area contributed by atoms with Crippen LogP contribution in [0.1, 0.15) is 25.3 Å². The van der Waals surface area contributed by atoms with E-state index in [-0.39, 0.29) is 39.4 Å². The second-order valence-corrected chi connectivity index (χ2v) is 10.7. The van der Waals surface area contributed by atoms with Crippen LogP contribution in [0.2, 0.25) is 5.02 Å². The number of aromatic nitrogens is 4. The summed E-state index contributed by atoms with van der Waals surface area (Å²) in [5.41, 5.74) is 1.43. The Labute approximate surface area is 221 Å². The predicted octanol–water partition coefficient (Wildman–Crippen LogP) is 3.92. The second kappa shape index (κ2) is 9.57. The van der Waals surface area contributed by atoms with Crippen molar-refractivity contribution in [2.24, 2.45) is 0 Å². The highest BCUT2D eigenvalue weighted by atomic mass is 79.9. The highest BCUT2D eigenvalue weighted by molar-refractivity contribution is 9.10. The number of fused-ring (bicyclic) bond motifs is 3. The first-order valence-electron chi connectivity index (χ1n) is 11.7. The van der Waals surface area contributed by atoms with Crippen molar-refractivity contribution in [3.63, 3.8) is 0 Å². The number of hydrogen-bond acceptors (Lipinski definition) is 7. The second-order valence-electron chi connectivity index (χ2n) is 9.50. The molecule has 0 N–H and O–H groups in total. The third kappa shape index (κ3) is 4.01. The van der Waals surface area contributed by atoms with E-state index in [9.17, 15) is 10.1 Å². The molecule has 4 heterocycles. The molecule has 0 spiro atoms. The Morgan fingerprint density at radius 3 is 2.83 bits per heavy atom. The minimum atomic E-state index is -0.535. The van der Waals surface area contributed by atoms with Gasteiger partial charge in [0.2, 0.25) is 5.91 Å². The number of hydrogen-bond donors (Lipinski definition) is 0. The maximum absolute atomic E-state index is 15.4. The van der Waals surface area contributed by atoms with Crippen molar-refractivity contribution in [2.75, 3.05) is 38.6 Å². The van der Waals surface area contributed by atoms with Gasteiger partial charge in [-0.2, -0.15) is 5.26 Å². The number of carbonyl (C=O) groups is 1. The van der Waals surface area contributed by atoms with E-state index in [1.165, 1.54) is 6.08 Å². The number of benzene rings is 1. The van der Waals surface area contributed by atoms with Gasteiger partial charge in [0.15, 0.2) is 17.2 Å². The lowest BCUT2D eigenvalue weighted by Gasteiger charge is -2.43. The van der Waals surface area contributed by atoms with Gasteiger partial charge in [-0.1, -0.05) is 23.4 Å². The molecule has 1 amide bonds. The van der Waals surface area contributed by atoms with Gasteiger partial charge in [-0.05, 0) is 55.0 Å². The smallest absolute Gasteiger partial charge is 0.246 e. The number of piperidine rings is 1. The Morgan fingerprint density at radius 1 is 1.42 bits per heavy atom. The fourth-order valence-electron chi connectivity index (χ4n) is 5.12. The van der Waals surface area contributed by atoms with E-state index < -0.39 is 5.82 Å². The Hall–Kier alpha value is -2.81. The molecular formula is C24H25BrClFN8O. The molecule has 12 heteroatoms. The molecule has 0 saturated carbocycles. The van der Waals surface area contributed by atoms with Crippen molar-refractivity contribution in [3.8, 4) is 6.07 Å². The summed E-state index contributed by atoms with van der Waals surface area (Å²) in [7, 11) is 4.06. The number of nitrogens with zero attached hydrogens (tertiary/aromatic N) is 8. The minimum absolute atomic E-state index is 0.142. The van der Waals surface area contributed by atoms with Crippen molar-refractivity contribution in [1.29, 1.82) is 5.26 Å². The fourth-order valence-corrected chi connectivity index (χ4v) is 5.61. The maximum atomic E-state index is 15.4. The van der Waals surface area contributed by atoms with Crippen LogP contribution in [-0.4, -0.2) is 81.5 Å². The molecule has 2 saturated heterocycles. The van der Waals surface area contributed by atoms with Gasteiger partial charge in [0.1, 0.15) is 11.0 Å². The highest BCUT2D eigenvalue weighted by Crippen LogP contribution is 2.40. The molecule has 0 radical (unpaired) electrons. The Morgan fingerprint density at radius 2 is 2.17 bits per heavy atom. The average Bonchev–Trinajstić information content (AvgIpc) is 3.27. The molecular weight excluding hydrogens is 551 g/mol. The first-order valence-corrected chi connectivity index (χ1v) is 12.9. The van der Waals surface area contributed by atoms with E-state index in [2.05, 4.69) is 48.7 Å². The molecule has 0 bridgehead atoms. The molecule has 9 nitrogen and oxygen atoms in total. The molecule has 2 fully saturated rings. The molecule has 0 aliphatic carbocycles. The lowest BCUT2D eigenvalue weighted by atomic mass is 9.94. The number of carbonyl (C=O) groups excluding carboxylic acids is 1. The lowest BCUT2D eigenvalue weighted by molar-refractivity contribution is -0.130. The number of halogens is 3. The summed E-state index contributed by atoms with van der Waals surface area (Å²) in [6.07, 6.45) is 2.60. The minimum Gasteiger partial charge on any atom is -0.351 e. The number of amides is 1. The molecule has 2 aromatic heterocycles. The average molecular weight is 576 g/mol. The summed E-state index contributed by atoms with van der Waals surface area (Å²) in [5.74, 6) is -0.143.